The van der Waals surface area contributed by atoms with E-state index in [1.807, 2.05) is 18.2 Å². The largest absolute Gasteiger partial charge is 0.465 e. The predicted octanol–water partition coefficient (Wildman–Crippen LogP) is 4.35. The van der Waals surface area contributed by atoms with Gasteiger partial charge in [-0.15, -0.1) is 0 Å². The summed E-state index contributed by atoms with van der Waals surface area (Å²) < 4.78 is 31.1. The number of hydrogen-bond donors (Lipinski definition) is 1. The zero-order valence-electron chi connectivity index (χ0n) is 17.4. The molecule has 0 bridgehead atoms. The van der Waals surface area contributed by atoms with E-state index in [9.17, 15) is 18.0 Å². The number of amides is 1. The van der Waals surface area contributed by atoms with E-state index in [2.05, 4.69) is 5.32 Å². The van der Waals surface area contributed by atoms with Crippen molar-refractivity contribution in [1.29, 1.82) is 0 Å². The highest BCUT2D eigenvalue weighted by molar-refractivity contribution is 7.92. The van der Waals surface area contributed by atoms with Crippen LogP contribution in [0.3, 0.4) is 0 Å². The summed E-state index contributed by atoms with van der Waals surface area (Å²) >= 11 is 6.18. The summed E-state index contributed by atoms with van der Waals surface area (Å²) in [5, 5.41) is 2.87. The summed E-state index contributed by atoms with van der Waals surface area (Å²) in [5.74, 6) is -1.16. The molecule has 0 atom stereocenters. The lowest BCUT2D eigenvalue weighted by Crippen LogP contribution is -2.31. The zero-order valence-corrected chi connectivity index (χ0v) is 19.0. The Morgan fingerprint density at radius 3 is 2.31 bits per heavy atom. The second-order valence-corrected chi connectivity index (χ2v) is 9.23. The number of carbonyl (C=O) groups is 2. The number of hydrogen-bond acceptors (Lipinski definition) is 5. The lowest BCUT2D eigenvalue weighted by atomic mass is 10.1. The van der Waals surface area contributed by atoms with Crippen LogP contribution in [0.5, 0.6) is 0 Å². The maximum absolute atomic E-state index is 13.1. The molecule has 0 fully saturated rings. The fraction of sp³-hybridized carbons (Fsp3) is 0.130. The van der Waals surface area contributed by atoms with Gasteiger partial charge in [0.25, 0.3) is 5.91 Å². The van der Waals surface area contributed by atoms with E-state index in [1.165, 1.54) is 35.7 Å². The van der Waals surface area contributed by atoms with Gasteiger partial charge >= 0.3 is 5.97 Å². The van der Waals surface area contributed by atoms with E-state index in [0.29, 0.717) is 0 Å². The molecule has 3 aromatic rings. The Bertz CT molecular complexity index is 1250. The average Bonchev–Trinajstić information content (AvgIpc) is 2.78. The van der Waals surface area contributed by atoms with E-state index in [1.54, 1.807) is 30.3 Å². The molecule has 1 amide bonds. The molecule has 0 aliphatic carbocycles. The second kappa shape index (κ2) is 9.84. The Labute approximate surface area is 191 Å². The number of anilines is 2. The maximum Gasteiger partial charge on any atom is 0.337 e. The van der Waals surface area contributed by atoms with Gasteiger partial charge in [0.1, 0.15) is 0 Å². The summed E-state index contributed by atoms with van der Waals surface area (Å²) in [7, 11) is -2.46. The number of para-hydroxylation sites is 1. The number of halogens is 1. The Morgan fingerprint density at radius 2 is 1.66 bits per heavy atom. The van der Waals surface area contributed by atoms with Gasteiger partial charge in [0.2, 0.25) is 10.0 Å². The van der Waals surface area contributed by atoms with Gasteiger partial charge in [-0.05, 0) is 35.9 Å². The molecule has 3 aromatic carbocycles. The van der Waals surface area contributed by atoms with Gasteiger partial charge in [-0.3, -0.25) is 9.10 Å². The molecule has 166 valence electrons. The van der Waals surface area contributed by atoms with Gasteiger partial charge in [0.15, 0.2) is 0 Å². The van der Waals surface area contributed by atoms with Gasteiger partial charge in [0, 0.05) is 0 Å². The normalized spacial score (nSPS) is 11.0. The van der Waals surface area contributed by atoms with Gasteiger partial charge in [-0.1, -0.05) is 54.1 Å². The first-order chi connectivity index (χ1) is 15.2. The summed E-state index contributed by atoms with van der Waals surface area (Å²) in [6.45, 7) is 0.0581. The van der Waals surface area contributed by atoms with Crippen LogP contribution in [0.2, 0.25) is 5.02 Å². The first kappa shape index (κ1) is 23.3. The van der Waals surface area contributed by atoms with E-state index >= 15 is 0 Å². The molecule has 0 saturated carbocycles. The molecule has 1 N–H and O–H groups in total. The number of rotatable bonds is 7. The Hall–Kier alpha value is -3.36. The number of carbonyl (C=O) groups excluding carboxylic acids is 2. The SMILES string of the molecule is COC(=O)c1ccc(Cl)c(NC(=O)c2ccccc2N(Cc2ccccc2)S(C)(=O)=O)c1. The third-order valence-electron chi connectivity index (χ3n) is 4.62. The molecule has 0 heterocycles. The zero-order chi connectivity index (χ0) is 23.3. The molecule has 0 unspecified atom stereocenters. The van der Waals surface area contributed by atoms with Crippen molar-refractivity contribution in [1.82, 2.24) is 0 Å². The molecule has 0 saturated heterocycles. The average molecular weight is 473 g/mol. The van der Waals surface area contributed by atoms with Crippen LogP contribution in [0.1, 0.15) is 26.3 Å². The van der Waals surface area contributed by atoms with Crippen LogP contribution in [0, 0.1) is 0 Å². The summed E-state index contributed by atoms with van der Waals surface area (Å²) in [6.07, 6.45) is 1.08. The van der Waals surface area contributed by atoms with E-state index < -0.39 is 21.9 Å². The Morgan fingerprint density at radius 1 is 1.00 bits per heavy atom. The predicted molar refractivity (Wildman–Crippen MR) is 125 cm³/mol. The summed E-state index contributed by atoms with van der Waals surface area (Å²) in [5.41, 5.74) is 1.53. The first-order valence-electron chi connectivity index (χ1n) is 9.50. The molecule has 0 aromatic heterocycles. The fourth-order valence-corrected chi connectivity index (χ4v) is 4.13. The van der Waals surface area contributed by atoms with Crippen molar-refractivity contribution in [2.45, 2.75) is 6.54 Å². The third-order valence-corrected chi connectivity index (χ3v) is 6.08. The van der Waals surface area contributed by atoms with Crippen molar-refractivity contribution < 1.29 is 22.7 Å². The van der Waals surface area contributed by atoms with Crippen molar-refractivity contribution in [3.05, 3.63) is 94.5 Å². The Kier molecular flexibility index (Phi) is 7.17. The molecule has 32 heavy (non-hydrogen) atoms. The van der Waals surface area contributed by atoms with Gasteiger partial charge < -0.3 is 10.1 Å². The number of nitrogens with one attached hydrogen (secondary N) is 1. The number of esters is 1. The molecule has 0 aliphatic rings. The minimum atomic E-state index is -3.71. The van der Waals surface area contributed by atoms with Crippen LogP contribution >= 0.6 is 11.6 Å². The number of nitrogens with zero attached hydrogens (tertiary/aromatic N) is 1. The molecule has 9 heteroatoms. The van der Waals surface area contributed by atoms with E-state index in [4.69, 9.17) is 16.3 Å². The lowest BCUT2D eigenvalue weighted by molar-refractivity contribution is 0.0600. The molecule has 0 spiro atoms. The van der Waals surface area contributed by atoms with Gasteiger partial charge in [-0.2, -0.15) is 0 Å². The summed E-state index contributed by atoms with van der Waals surface area (Å²) in [6, 6.07) is 19.8. The van der Waals surface area contributed by atoms with Crippen LogP contribution < -0.4 is 9.62 Å². The highest BCUT2D eigenvalue weighted by Gasteiger charge is 2.24. The quantitative estimate of drug-likeness (QED) is 0.516. The highest BCUT2D eigenvalue weighted by atomic mass is 35.5. The molecule has 0 radical (unpaired) electrons. The maximum atomic E-state index is 13.1. The topological polar surface area (TPSA) is 92.8 Å². The first-order valence-corrected chi connectivity index (χ1v) is 11.7. The number of methoxy groups -OCH3 is 1. The molecular formula is C23H21ClN2O5S. The van der Waals surface area contributed by atoms with Crippen molar-refractivity contribution in [2.24, 2.45) is 0 Å². The monoisotopic (exact) mass is 472 g/mol. The second-order valence-electron chi connectivity index (χ2n) is 6.91. The third kappa shape index (κ3) is 5.46. The van der Waals surface area contributed by atoms with Crippen molar-refractivity contribution in [2.75, 3.05) is 23.0 Å². The Balaban J connectivity index is 1.98. The van der Waals surface area contributed by atoms with Crippen molar-refractivity contribution in [3.63, 3.8) is 0 Å². The molecule has 3 rings (SSSR count). The summed E-state index contributed by atoms with van der Waals surface area (Å²) in [4.78, 5) is 24.9. The molecule has 0 aliphatic heterocycles. The van der Waals surface area contributed by atoms with Crippen LogP contribution in [0.25, 0.3) is 0 Å². The van der Waals surface area contributed by atoms with Crippen LogP contribution in [-0.2, 0) is 21.3 Å². The number of ether oxygens (including phenoxy) is 1. The van der Waals surface area contributed by atoms with Gasteiger partial charge in [-0.25, -0.2) is 13.2 Å². The van der Waals surface area contributed by atoms with E-state index in [-0.39, 0.29) is 34.1 Å². The van der Waals surface area contributed by atoms with E-state index in [0.717, 1.165) is 11.8 Å². The lowest BCUT2D eigenvalue weighted by Gasteiger charge is -2.25. The molecular weight excluding hydrogens is 452 g/mol. The van der Waals surface area contributed by atoms with Crippen LogP contribution in [-0.4, -0.2) is 33.7 Å². The van der Waals surface area contributed by atoms with Crippen LogP contribution in [0.4, 0.5) is 11.4 Å². The van der Waals surface area contributed by atoms with Crippen molar-refractivity contribution in [3.8, 4) is 0 Å². The van der Waals surface area contributed by atoms with Gasteiger partial charge in [0.05, 0.1) is 47.4 Å². The minimum absolute atomic E-state index is 0.0581. The highest BCUT2D eigenvalue weighted by Crippen LogP contribution is 2.28. The smallest absolute Gasteiger partial charge is 0.337 e. The fourth-order valence-electron chi connectivity index (χ4n) is 3.07. The van der Waals surface area contributed by atoms with Crippen molar-refractivity contribution >= 4 is 44.9 Å². The number of sulfonamides is 1. The minimum Gasteiger partial charge on any atom is -0.465 e. The molecule has 7 nitrogen and oxygen atoms in total. The standard InChI is InChI=1S/C23H21ClN2O5S/c1-31-23(28)17-12-13-19(24)20(14-17)25-22(27)18-10-6-7-11-21(18)26(32(2,29)30)15-16-8-4-3-5-9-16/h3-14H,15H2,1-2H3,(H,25,27). The number of benzene rings is 3. The van der Waals surface area contributed by atoms with Crippen LogP contribution in [0.15, 0.2) is 72.8 Å².